The average molecular weight is 572 g/mol. The lowest BCUT2D eigenvalue weighted by atomic mass is 9.83. The fourth-order valence-corrected chi connectivity index (χ4v) is 5.93. The van der Waals surface area contributed by atoms with Gasteiger partial charge < -0.3 is 30.2 Å². The molecular weight excluding hydrogens is 534 g/mol. The molecular formula is C33H37N3O6. The lowest BCUT2D eigenvalue weighted by molar-refractivity contribution is -0.144. The number of nitrogens with one attached hydrogen (secondary N) is 3. The summed E-state index contributed by atoms with van der Waals surface area (Å²) in [5, 5.41) is 8.74. The van der Waals surface area contributed by atoms with E-state index in [0.29, 0.717) is 22.9 Å². The zero-order valence-corrected chi connectivity index (χ0v) is 24.5. The molecule has 220 valence electrons. The van der Waals surface area contributed by atoms with E-state index in [1.54, 1.807) is 18.2 Å². The van der Waals surface area contributed by atoms with Gasteiger partial charge in [-0.1, -0.05) is 49.1 Å². The van der Waals surface area contributed by atoms with Crippen molar-refractivity contribution in [1.29, 1.82) is 0 Å². The van der Waals surface area contributed by atoms with Gasteiger partial charge in [-0.05, 0) is 86.1 Å². The van der Waals surface area contributed by atoms with Crippen LogP contribution in [-0.2, 0) is 9.53 Å². The summed E-state index contributed by atoms with van der Waals surface area (Å²) in [5.41, 5.74) is 5.80. The van der Waals surface area contributed by atoms with Crippen molar-refractivity contribution < 1.29 is 28.6 Å². The number of anilines is 2. The van der Waals surface area contributed by atoms with Gasteiger partial charge in [0.05, 0.1) is 18.4 Å². The smallest absolute Gasteiger partial charge is 0.328 e. The van der Waals surface area contributed by atoms with E-state index in [-0.39, 0.29) is 18.3 Å². The van der Waals surface area contributed by atoms with Crippen LogP contribution < -0.4 is 25.4 Å². The van der Waals surface area contributed by atoms with E-state index in [1.807, 2.05) is 51.1 Å². The number of hydrogen-bond donors (Lipinski definition) is 3. The van der Waals surface area contributed by atoms with E-state index in [4.69, 9.17) is 14.2 Å². The van der Waals surface area contributed by atoms with Crippen molar-refractivity contribution in [3.05, 3.63) is 70.8 Å². The molecule has 0 saturated heterocycles. The molecule has 1 saturated carbocycles. The molecule has 0 aromatic heterocycles. The van der Waals surface area contributed by atoms with Crippen molar-refractivity contribution in [2.45, 2.75) is 58.9 Å². The van der Waals surface area contributed by atoms with Gasteiger partial charge in [-0.3, -0.25) is 4.79 Å². The van der Waals surface area contributed by atoms with E-state index in [2.05, 4.69) is 16.0 Å². The van der Waals surface area contributed by atoms with Crippen molar-refractivity contribution in [3.63, 3.8) is 0 Å². The Labute approximate surface area is 245 Å². The van der Waals surface area contributed by atoms with Crippen molar-refractivity contribution in [3.8, 4) is 22.6 Å². The topological polar surface area (TPSA) is 115 Å². The van der Waals surface area contributed by atoms with E-state index in [0.717, 1.165) is 59.9 Å². The van der Waals surface area contributed by atoms with Crippen LogP contribution in [0.25, 0.3) is 11.1 Å². The number of carbonyl (C=O) groups excluding carboxylic acids is 3. The number of methoxy groups -OCH3 is 1. The van der Waals surface area contributed by atoms with Gasteiger partial charge in [-0.2, -0.15) is 0 Å². The summed E-state index contributed by atoms with van der Waals surface area (Å²) in [6.45, 7) is 6.04. The predicted octanol–water partition coefficient (Wildman–Crippen LogP) is 6.50. The van der Waals surface area contributed by atoms with Gasteiger partial charge in [-0.15, -0.1) is 0 Å². The highest BCUT2D eigenvalue weighted by atomic mass is 16.7. The molecule has 3 aromatic rings. The molecule has 0 unspecified atom stereocenters. The van der Waals surface area contributed by atoms with Gasteiger partial charge >= 0.3 is 12.0 Å². The van der Waals surface area contributed by atoms with Crippen LogP contribution in [0.3, 0.4) is 0 Å². The number of amides is 3. The van der Waals surface area contributed by atoms with Crippen LogP contribution in [0.4, 0.5) is 16.2 Å². The molecule has 1 heterocycles. The molecule has 1 aliphatic heterocycles. The SMILES string of the molecule is COC(=O)[C@@H](NC(=O)c1ccc(-c2ccc3c(c2)OCO3)cc1NC(=O)Nc1c(C)cc(C)cc1C)C1CCCCC1. The highest BCUT2D eigenvalue weighted by Gasteiger charge is 2.32. The first-order chi connectivity index (χ1) is 20.2. The van der Waals surface area contributed by atoms with E-state index >= 15 is 0 Å². The molecule has 5 rings (SSSR count). The van der Waals surface area contributed by atoms with Crippen LogP contribution in [0.2, 0.25) is 0 Å². The molecule has 0 spiro atoms. The Morgan fingerprint density at radius 3 is 2.21 bits per heavy atom. The maximum absolute atomic E-state index is 13.7. The molecule has 0 bridgehead atoms. The molecule has 1 atom stereocenters. The number of rotatable bonds is 7. The van der Waals surface area contributed by atoms with Crippen LogP contribution >= 0.6 is 0 Å². The third-order valence-corrected chi connectivity index (χ3v) is 8.00. The minimum Gasteiger partial charge on any atom is -0.467 e. The lowest BCUT2D eigenvalue weighted by Gasteiger charge is -2.29. The predicted molar refractivity (Wildman–Crippen MR) is 161 cm³/mol. The summed E-state index contributed by atoms with van der Waals surface area (Å²) >= 11 is 0. The fourth-order valence-electron chi connectivity index (χ4n) is 5.93. The molecule has 1 fully saturated rings. The standard InChI is InChI=1S/C33H37N3O6/c1-19-14-20(2)29(21(3)15-19)36-33(39)34-26-16-23(24-11-13-27-28(17-24)42-18-41-27)10-12-25(26)31(37)35-30(32(38)40-4)22-8-6-5-7-9-22/h10-17,22,30H,5-9,18H2,1-4H3,(H,35,37)(H2,34,36,39)/t30-/m0/s1. The Hall–Kier alpha value is -4.53. The quantitative estimate of drug-likeness (QED) is 0.279. The average Bonchev–Trinajstić information content (AvgIpc) is 3.46. The Balaban J connectivity index is 1.46. The largest absolute Gasteiger partial charge is 0.467 e. The number of hydrogen-bond acceptors (Lipinski definition) is 6. The van der Waals surface area contributed by atoms with Crippen LogP contribution in [0.15, 0.2) is 48.5 Å². The number of benzene rings is 3. The van der Waals surface area contributed by atoms with E-state index in [1.165, 1.54) is 7.11 Å². The number of urea groups is 1. The normalized spacial score (nSPS) is 15.0. The third kappa shape index (κ3) is 6.35. The minimum absolute atomic E-state index is 0.00440. The Morgan fingerprint density at radius 1 is 0.833 bits per heavy atom. The van der Waals surface area contributed by atoms with Crippen molar-refractivity contribution in [1.82, 2.24) is 5.32 Å². The summed E-state index contributed by atoms with van der Waals surface area (Å²) in [6, 6.07) is 13.5. The van der Waals surface area contributed by atoms with Gasteiger partial charge in [-0.25, -0.2) is 9.59 Å². The Kier molecular flexibility index (Phi) is 8.66. The lowest BCUT2D eigenvalue weighted by Crippen LogP contribution is -2.47. The molecule has 9 heteroatoms. The second-order valence-electron chi connectivity index (χ2n) is 11.1. The van der Waals surface area contributed by atoms with Gasteiger partial charge in [0.1, 0.15) is 6.04 Å². The molecule has 3 amide bonds. The summed E-state index contributed by atoms with van der Waals surface area (Å²) < 4.78 is 16.0. The first-order valence-electron chi connectivity index (χ1n) is 14.3. The van der Waals surface area contributed by atoms with Crippen LogP contribution in [0, 0.1) is 26.7 Å². The highest BCUT2D eigenvalue weighted by Crippen LogP contribution is 2.37. The first-order valence-corrected chi connectivity index (χ1v) is 14.3. The van der Waals surface area contributed by atoms with Crippen molar-refractivity contribution in [2.75, 3.05) is 24.5 Å². The second kappa shape index (κ2) is 12.5. The van der Waals surface area contributed by atoms with Crippen molar-refractivity contribution >= 4 is 29.3 Å². The third-order valence-electron chi connectivity index (χ3n) is 8.00. The van der Waals surface area contributed by atoms with Gasteiger partial charge in [0.25, 0.3) is 5.91 Å². The number of fused-ring (bicyclic) bond motifs is 1. The van der Waals surface area contributed by atoms with Crippen LogP contribution in [-0.4, -0.2) is 37.9 Å². The molecule has 2 aliphatic rings. The van der Waals surface area contributed by atoms with Crippen LogP contribution in [0.1, 0.15) is 59.2 Å². The maximum atomic E-state index is 13.7. The van der Waals surface area contributed by atoms with Crippen LogP contribution in [0.5, 0.6) is 11.5 Å². The summed E-state index contributed by atoms with van der Waals surface area (Å²) in [6.07, 6.45) is 4.80. The molecule has 3 aromatic carbocycles. The molecule has 1 aliphatic carbocycles. The highest BCUT2D eigenvalue weighted by molar-refractivity contribution is 6.08. The molecule has 0 radical (unpaired) electrons. The zero-order valence-electron chi connectivity index (χ0n) is 24.5. The molecule has 42 heavy (non-hydrogen) atoms. The van der Waals surface area contributed by atoms with Gasteiger partial charge in [0.2, 0.25) is 6.79 Å². The molecule has 9 nitrogen and oxygen atoms in total. The maximum Gasteiger partial charge on any atom is 0.328 e. The second-order valence-corrected chi connectivity index (χ2v) is 11.1. The van der Waals surface area contributed by atoms with Gasteiger partial charge in [0.15, 0.2) is 11.5 Å². The van der Waals surface area contributed by atoms with Crippen molar-refractivity contribution in [2.24, 2.45) is 5.92 Å². The fraction of sp³-hybridized carbons (Fsp3) is 0.364. The number of aryl methyl sites for hydroxylation is 3. The summed E-state index contributed by atoms with van der Waals surface area (Å²) in [4.78, 5) is 39.7. The first kappa shape index (κ1) is 29.0. The van der Waals surface area contributed by atoms with E-state index in [9.17, 15) is 14.4 Å². The van der Waals surface area contributed by atoms with E-state index < -0.39 is 23.9 Å². The Bertz CT molecular complexity index is 1490. The minimum atomic E-state index is -0.768. The zero-order chi connectivity index (χ0) is 29.8. The van der Waals surface area contributed by atoms with Gasteiger partial charge in [0, 0.05) is 5.69 Å². The number of carbonyl (C=O) groups is 3. The molecule has 3 N–H and O–H groups in total. The summed E-state index contributed by atoms with van der Waals surface area (Å²) in [5.74, 6) is 0.347. The Morgan fingerprint density at radius 2 is 1.50 bits per heavy atom. The number of ether oxygens (including phenoxy) is 3. The monoisotopic (exact) mass is 571 g/mol. The number of esters is 1. The summed E-state index contributed by atoms with van der Waals surface area (Å²) in [7, 11) is 1.33.